The van der Waals surface area contributed by atoms with Crippen molar-refractivity contribution >= 4 is 335 Å². The highest BCUT2D eigenvalue weighted by Crippen LogP contribution is 2.32. The lowest BCUT2D eigenvalue weighted by atomic mass is 10.2. The maximum absolute atomic E-state index is 11.9. The van der Waals surface area contributed by atoms with E-state index >= 15 is 0 Å². The minimum Gasteiger partial charge on any atom is -0.506 e. The van der Waals surface area contributed by atoms with Gasteiger partial charge in [0, 0.05) is 78.4 Å². The molecule has 98 heavy (non-hydrogen) atoms. The van der Waals surface area contributed by atoms with Crippen LogP contribution in [0.5, 0.6) is 23.0 Å². The molecule has 3 atom stereocenters. The Bertz CT molecular complexity index is 3510. The molecule has 0 aromatic heterocycles. The van der Waals surface area contributed by atoms with Crippen molar-refractivity contribution in [2.24, 2.45) is 0 Å². The molecule has 538 valence electrons. The van der Waals surface area contributed by atoms with Gasteiger partial charge >= 0.3 is 41.8 Å². The first-order valence-corrected chi connectivity index (χ1v) is 42.0. The van der Waals surface area contributed by atoms with Gasteiger partial charge in [0.1, 0.15) is 74.8 Å². The van der Waals surface area contributed by atoms with Gasteiger partial charge in [-0.3, -0.25) is 9.59 Å². The number of aliphatic hydroxyl groups is 3. The Balaban J connectivity index is 0.000000613. The number of halogens is 13. The van der Waals surface area contributed by atoms with Crippen molar-refractivity contribution in [3.8, 4) is 23.0 Å². The van der Waals surface area contributed by atoms with Crippen LogP contribution in [0.4, 0.5) is 0 Å². The van der Waals surface area contributed by atoms with Crippen LogP contribution in [0.1, 0.15) is 74.6 Å². The van der Waals surface area contributed by atoms with Crippen molar-refractivity contribution < 1.29 is 101 Å². The second-order valence-electron chi connectivity index (χ2n) is 19.5. The number of hydrogen-bond acceptors (Lipinski definition) is 21. The fraction of sp³-hybridized carbons (Fsp3) is 0.328. The number of hydrogen-bond donors (Lipinski definition) is 4. The van der Waals surface area contributed by atoms with Gasteiger partial charge < -0.3 is 67.8 Å². The van der Waals surface area contributed by atoms with Crippen molar-refractivity contribution in [3.63, 3.8) is 0 Å². The quantitative estimate of drug-likeness (QED) is 0.00864. The van der Waals surface area contributed by atoms with Gasteiger partial charge in [-0.15, -0.1) is 0 Å². The number of carbonyl (C=O) groups excluding carboxylic acids is 7. The van der Waals surface area contributed by atoms with Gasteiger partial charge in [0.05, 0.1) is 61.5 Å². The maximum atomic E-state index is 11.9. The van der Waals surface area contributed by atoms with Crippen LogP contribution in [0.3, 0.4) is 0 Å². The van der Waals surface area contributed by atoms with Crippen LogP contribution in [0.2, 0.25) is 0 Å². The van der Waals surface area contributed by atoms with Crippen LogP contribution in [0.15, 0.2) is 103 Å². The number of phenols is 1. The fourth-order valence-electron chi connectivity index (χ4n) is 6.18. The molecule has 3 unspecified atom stereocenters. The molecule has 4 N–H and O–H groups in total. The first kappa shape index (κ1) is 96.2. The van der Waals surface area contributed by atoms with E-state index in [-0.39, 0.29) is 94.9 Å². The molecule has 5 aromatic rings. The Morgan fingerprint density at radius 3 is 1.18 bits per heavy atom. The summed E-state index contributed by atoms with van der Waals surface area (Å²) in [5, 5.41) is 39.1. The summed E-state index contributed by atoms with van der Waals surface area (Å²) in [6, 6.07) is 20.9. The minimum atomic E-state index is -0.686. The van der Waals surface area contributed by atoms with Crippen LogP contribution < -0.4 is 14.2 Å². The first-order chi connectivity index (χ1) is 45.8. The summed E-state index contributed by atoms with van der Waals surface area (Å²) in [7, 11) is 0. The second kappa shape index (κ2) is 53.0. The Kier molecular flexibility index (Phi) is 52.1. The van der Waals surface area contributed by atoms with Crippen LogP contribution in [0.25, 0.3) is 0 Å². The summed E-state index contributed by atoms with van der Waals surface area (Å²) < 4.78 is 63.5. The van der Waals surface area contributed by atoms with Crippen molar-refractivity contribution in [2.45, 2.75) is 72.2 Å². The SMILES string of the molecule is C=C(C)C(=O)OCCC(O)COc1c(I)cc(I)cc1I.C=C(C)C(=O)OCCC(O)COc1ccc(I)cc1I.C=C(C)C(=O)OCCOC(=O)c1cc(I)cc(I)c1O.CC(=O)OCCC(O)COc1cc(I)cc(I)c1I.CC(=O)OCCOC(=O)c1c(I)cc(I)cc1I. The lowest BCUT2D eigenvalue weighted by Crippen LogP contribution is -2.21. The molecule has 0 saturated heterocycles. The Hall–Kier alpha value is 0.180. The van der Waals surface area contributed by atoms with Gasteiger partial charge in [0.15, 0.2) is 0 Å². The Morgan fingerprint density at radius 2 is 0.724 bits per heavy atom. The first-order valence-electron chi connectivity index (χ1n) is 27.9. The van der Waals surface area contributed by atoms with E-state index in [1.165, 1.54) is 26.8 Å². The van der Waals surface area contributed by atoms with Crippen LogP contribution in [0, 0.1) is 46.4 Å². The molecule has 0 aliphatic rings. The molecule has 5 aromatic carbocycles. The summed E-state index contributed by atoms with van der Waals surface area (Å²) in [6.07, 6.45) is -0.976. The third-order valence-corrected chi connectivity index (χ3v) is 22.0. The van der Waals surface area contributed by atoms with E-state index < -0.39 is 48.2 Å². The minimum absolute atomic E-state index is 0.0563. The van der Waals surface area contributed by atoms with Gasteiger partial charge in [0.25, 0.3) is 0 Å². The number of ether oxygens (including phenoxy) is 10. The largest absolute Gasteiger partial charge is 0.506 e. The summed E-state index contributed by atoms with van der Waals surface area (Å²) in [6.45, 7) is 18.8. The van der Waals surface area contributed by atoms with E-state index in [1.54, 1.807) is 19.9 Å². The van der Waals surface area contributed by atoms with E-state index in [0.29, 0.717) is 39.5 Å². The van der Waals surface area contributed by atoms with E-state index in [1.807, 2.05) is 93.7 Å². The molecule has 0 aliphatic carbocycles. The molecule has 0 bridgehead atoms. The predicted octanol–water partition coefficient (Wildman–Crippen LogP) is 16.2. The molecule has 0 aliphatic heterocycles. The molecule has 0 amide bonds. The van der Waals surface area contributed by atoms with E-state index in [2.05, 4.69) is 279 Å². The van der Waals surface area contributed by atoms with Crippen molar-refractivity contribution in [2.75, 3.05) is 66.1 Å². The predicted molar refractivity (Wildman–Crippen MR) is 479 cm³/mol. The van der Waals surface area contributed by atoms with E-state index in [0.717, 1.165) is 60.1 Å². The standard InChI is InChI=1S/C14H15I3O4.C14H16I2O4.C13H12I2O5.C12H13I3O4.C11H9I3O4/c1-8(2)14(19)20-4-3-10(18)7-21-13-11(16)5-9(15)6-12(13)17;1-9(2)14(18)19-6-5-11(17)8-20-13-4-3-10(15)7-12(13)16;1-7(2)12(17)19-3-4-20-13(18)9-5-8(14)6-10(15)11(9)16;1-7(16)18-3-2-9(17)6-19-11-5-8(13)4-10(14)12(11)15;1-6(15)17-2-3-18-11(16)10-8(13)4-7(12)5-9(10)14/h5-6,10,18H,1,3-4,7H2,2H3;3-4,7,11,17H,1,5-6,8H2,2H3;5-6,16H,1,3-4H2,2H3;4-5,9,17H,2-3,6H2,1H3;4-5H,2-3H2,1H3. The van der Waals surface area contributed by atoms with Gasteiger partial charge in [-0.05, 0) is 381 Å². The zero-order valence-corrected chi connectivity index (χ0v) is 80.6. The van der Waals surface area contributed by atoms with Crippen LogP contribution >= 0.6 is 294 Å². The molecule has 0 spiro atoms. The van der Waals surface area contributed by atoms with E-state index in [4.69, 9.17) is 42.6 Å². The molecular formula is C64H65I13O21. The number of phenolic OH excluding ortho intramolecular Hbond substituents is 1. The molecule has 5 rings (SSSR count). The maximum Gasteiger partial charge on any atom is 0.342 e. The highest BCUT2D eigenvalue weighted by Gasteiger charge is 2.20. The molecule has 0 heterocycles. The summed E-state index contributed by atoms with van der Waals surface area (Å²) >= 11 is 28.1. The molecular weight excluding hydrogens is 2750 g/mol. The average Bonchev–Trinajstić information content (AvgIpc) is 0.854. The lowest BCUT2D eigenvalue weighted by molar-refractivity contribution is -0.142. The summed E-state index contributed by atoms with van der Waals surface area (Å²) in [4.78, 5) is 78.2. The Labute approximate surface area is 746 Å². The average molecular weight is 2820 g/mol. The number of aromatic hydroxyl groups is 1. The van der Waals surface area contributed by atoms with E-state index in [9.17, 15) is 54.0 Å². The number of rotatable bonds is 29. The van der Waals surface area contributed by atoms with Gasteiger partial charge in [0.2, 0.25) is 0 Å². The topological polar surface area (TPSA) is 293 Å². The Morgan fingerprint density at radius 1 is 0.378 bits per heavy atom. The zero-order valence-electron chi connectivity index (χ0n) is 52.5. The molecule has 0 fully saturated rings. The van der Waals surface area contributed by atoms with Gasteiger partial charge in [-0.2, -0.15) is 0 Å². The highest BCUT2D eigenvalue weighted by molar-refractivity contribution is 14.1. The van der Waals surface area contributed by atoms with Crippen LogP contribution in [-0.4, -0.2) is 147 Å². The second-order valence-corrected chi connectivity index (χ2v) is 34.9. The number of aliphatic hydroxyl groups excluding tert-OH is 3. The molecule has 0 saturated carbocycles. The van der Waals surface area contributed by atoms with Gasteiger partial charge in [-0.1, -0.05) is 19.7 Å². The highest BCUT2D eigenvalue weighted by atomic mass is 127. The molecule has 34 heteroatoms. The third kappa shape index (κ3) is 41.9. The number of carbonyl (C=O) groups is 7. The van der Waals surface area contributed by atoms with Crippen molar-refractivity contribution in [3.05, 3.63) is 161 Å². The summed E-state index contributed by atoms with van der Waals surface area (Å²) in [5.41, 5.74) is 1.63. The number of benzene rings is 5. The molecule has 0 radical (unpaired) electrons. The fourth-order valence-corrected chi connectivity index (χ4v) is 20.0. The monoisotopic (exact) mass is 2820 g/mol. The number of esters is 7. The smallest absolute Gasteiger partial charge is 0.342 e. The van der Waals surface area contributed by atoms with Crippen LogP contribution in [-0.2, 0) is 57.1 Å². The van der Waals surface area contributed by atoms with Gasteiger partial charge in [-0.25, -0.2) is 24.0 Å². The molecule has 21 nitrogen and oxygen atoms in total. The lowest BCUT2D eigenvalue weighted by Gasteiger charge is -2.15. The van der Waals surface area contributed by atoms with Crippen molar-refractivity contribution in [1.29, 1.82) is 0 Å². The third-order valence-electron chi connectivity index (χ3n) is 10.9. The zero-order chi connectivity index (χ0) is 74.5. The van der Waals surface area contributed by atoms with Crippen molar-refractivity contribution in [1.82, 2.24) is 0 Å². The normalized spacial score (nSPS) is 11.2. The summed E-state index contributed by atoms with van der Waals surface area (Å²) in [5.74, 6) is -1.03.